The van der Waals surface area contributed by atoms with Gasteiger partial charge in [0.2, 0.25) is 0 Å². The van der Waals surface area contributed by atoms with Crippen LogP contribution in [0.2, 0.25) is 0 Å². The lowest BCUT2D eigenvalue weighted by Crippen LogP contribution is -2.05. The second-order valence-electron chi connectivity index (χ2n) is 6.02. The average Bonchev–Trinajstić information content (AvgIpc) is 2.61. The highest BCUT2D eigenvalue weighted by Crippen LogP contribution is 2.32. The monoisotopic (exact) mass is 318 g/mol. The predicted molar refractivity (Wildman–Crippen MR) is 98.0 cm³/mol. The van der Waals surface area contributed by atoms with E-state index in [1.54, 1.807) is 6.92 Å². The van der Waals surface area contributed by atoms with Crippen LogP contribution in [0.25, 0.3) is 11.1 Å². The van der Waals surface area contributed by atoms with Crippen molar-refractivity contribution < 1.29 is 9.84 Å². The van der Waals surface area contributed by atoms with Gasteiger partial charge in [0.05, 0.1) is 6.10 Å². The van der Waals surface area contributed by atoms with Gasteiger partial charge in [-0.1, -0.05) is 72.8 Å². The van der Waals surface area contributed by atoms with Gasteiger partial charge in [-0.3, -0.25) is 0 Å². The number of hydrogen-bond acceptors (Lipinski definition) is 2. The molecule has 0 spiro atoms. The van der Waals surface area contributed by atoms with E-state index < -0.39 is 0 Å². The Balaban J connectivity index is 1.90. The fraction of sp³-hybridized carbons (Fsp3) is 0.182. The lowest BCUT2D eigenvalue weighted by Gasteiger charge is -2.14. The molecule has 1 unspecified atom stereocenters. The van der Waals surface area contributed by atoms with Gasteiger partial charge in [-0.15, -0.1) is 0 Å². The third kappa shape index (κ3) is 4.24. The first-order chi connectivity index (χ1) is 11.7. The van der Waals surface area contributed by atoms with E-state index in [1.165, 1.54) is 0 Å². The molecule has 3 aromatic rings. The van der Waals surface area contributed by atoms with Crippen molar-refractivity contribution >= 4 is 0 Å². The maximum atomic E-state index is 9.65. The molecule has 3 rings (SSSR count). The van der Waals surface area contributed by atoms with E-state index in [0.717, 1.165) is 28.0 Å². The maximum Gasteiger partial charge on any atom is 0.127 e. The summed E-state index contributed by atoms with van der Waals surface area (Å²) in [6, 6.07) is 26.6. The van der Waals surface area contributed by atoms with Crippen molar-refractivity contribution in [1.29, 1.82) is 0 Å². The Kier molecular flexibility index (Phi) is 5.29. The van der Waals surface area contributed by atoms with Gasteiger partial charge in [0.1, 0.15) is 12.4 Å². The molecule has 0 aromatic heterocycles. The van der Waals surface area contributed by atoms with Crippen LogP contribution in [0.1, 0.15) is 18.1 Å². The van der Waals surface area contributed by atoms with Crippen LogP contribution in [-0.4, -0.2) is 11.2 Å². The van der Waals surface area contributed by atoms with Gasteiger partial charge in [0, 0.05) is 5.56 Å². The van der Waals surface area contributed by atoms with Crippen LogP contribution in [0.15, 0.2) is 78.9 Å². The largest absolute Gasteiger partial charge is 0.488 e. The topological polar surface area (TPSA) is 29.5 Å². The van der Waals surface area contributed by atoms with Crippen LogP contribution in [0.4, 0.5) is 0 Å². The third-order valence-corrected chi connectivity index (χ3v) is 3.90. The van der Waals surface area contributed by atoms with Gasteiger partial charge in [-0.05, 0) is 36.1 Å². The summed E-state index contributed by atoms with van der Waals surface area (Å²) >= 11 is 0. The molecule has 0 amide bonds. The maximum absolute atomic E-state index is 9.65. The van der Waals surface area contributed by atoms with Gasteiger partial charge < -0.3 is 9.84 Å². The summed E-state index contributed by atoms with van der Waals surface area (Å²) in [4.78, 5) is 0. The molecule has 0 aliphatic carbocycles. The Bertz CT molecular complexity index is 764. The third-order valence-electron chi connectivity index (χ3n) is 3.90. The van der Waals surface area contributed by atoms with Gasteiger partial charge in [-0.25, -0.2) is 0 Å². The summed E-state index contributed by atoms with van der Waals surface area (Å²) in [7, 11) is 0. The quantitative estimate of drug-likeness (QED) is 0.703. The number of aliphatic hydroxyl groups excluding tert-OH is 1. The lowest BCUT2D eigenvalue weighted by molar-refractivity contribution is 0.195. The van der Waals surface area contributed by atoms with Crippen LogP contribution in [0, 0.1) is 0 Å². The Morgan fingerprint density at radius 2 is 1.50 bits per heavy atom. The molecule has 0 fully saturated rings. The molecule has 2 nitrogen and oxygen atoms in total. The summed E-state index contributed by atoms with van der Waals surface area (Å²) in [5.74, 6) is 0.850. The van der Waals surface area contributed by atoms with Crippen molar-refractivity contribution in [2.45, 2.75) is 26.1 Å². The minimum Gasteiger partial charge on any atom is -0.488 e. The summed E-state index contributed by atoms with van der Waals surface area (Å²) in [5, 5.41) is 9.65. The second kappa shape index (κ2) is 7.80. The highest BCUT2D eigenvalue weighted by atomic mass is 16.5. The molecule has 0 radical (unpaired) electrons. The Hall–Kier alpha value is -2.58. The average molecular weight is 318 g/mol. The molecule has 122 valence electrons. The standard InChI is InChI=1S/C22H22O2/c1-17(23)14-19-12-13-21(20-10-6-3-7-11-20)22(15-19)24-16-18-8-4-2-5-9-18/h2-13,15,17,23H,14,16H2,1H3. The van der Waals surface area contributed by atoms with Gasteiger partial charge in [-0.2, -0.15) is 0 Å². The van der Waals surface area contributed by atoms with E-state index in [1.807, 2.05) is 42.5 Å². The summed E-state index contributed by atoms with van der Waals surface area (Å²) < 4.78 is 6.12. The van der Waals surface area contributed by atoms with E-state index in [4.69, 9.17) is 4.74 Å². The molecule has 0 saturated heterocycles. The predicted octanol–water partition coefficient (Wildman–Crippen LogP) is 4.86. The Morgan fingerprint density at radius 3 is 2.17 bits per heavy atom. The molecule has 0 bridgehead atoms. The number of aliphatic hydroxyl groups is 1. The van der Waals surface area contributed by atoms with Crippen molar-refractivity contribution in [3.63, 3.8) is 0 Å². The Morgan fingerprint density at radius 1 is 0.833 bits per heavy atom. The molecule has 24 heavy (non-hydrogen) atoms. The van der Waals surface area contributed by atoms with E-state index in [9.17, 15) is 5.11 Å². The van der Waals surface area contributed by atoms with Crippen LogP contribution in [0.5, 0.6) is 5.75 Å². The molecule has 1 atom stereocenters. The summed E-state index contributed by atoms with van der Waals surface area (Å²) in [6.45, 7) is 2.33. The zero-order valence-electron chi connectivity index (χ0n) is 13.9. The zero-order chi connectivity index (χ0) is 16.8. The van der Waals surface area contributed by atoms with E-state index in [0.29, 0.717) is 13.0 Å². The highest BCUT2D eigenvalue weighted by molar-refractivity contribution is 5.70. The second-order valence-corrected chi connectivity index (χ2v) is 6.02. The van der Waals surface area contributed by atoms with Crippen LogP contribution in [0.3, 0.4) is 0 Å². The number of hydrogen-bond donors (Lipinski definition) is 1. The minimum absolute atomic E-state index is 0.366. The first-order valence-electron chi connectivity index (χ1n) is 8.25. The number of benzene rings is 3. The fourth-order valence-corrected chi connectivity index (χ4v) is 2.75. The number of rotatable bonds is 6. The molecule has 0 aliphatic heterocycles. The first kappa shape index (κ1) is 16.3. The van der Waals surface area contributed by atoms with Crippen molar-refractivity contribution in [2.24, 2.45) is 0 Å². The van der Waals surface area contributed by atoms with E-state index >= 15 is 0 Å². The van der Waals surface area contributed by atoms with Crippen molar-refractivity contribution in [3.8, 4) is 16.9 Å². The zero-order valence-corrected chi connectivity index (χ0v) is 13.9. The van der Waals surface area contributed by atoms with Crippen molar-refractivity contribution in [3.05, 3.63) is 90.0 Å². The summed E-state index contributed by atoms with van der Waals surface area (Å²) in [5.41, 5.74) is 4.41. The van der Waals surface area contributed by atoms with Crippen LogP contribution in [-0.2, 0) is 13.0 Å². The first-order valence-corrected chi connectivity index (χ1v) is 8.25. The fourth-order valence-electron chi connectivity index (χ4n) is 2.75. The molecule has 2 heteroatoms. The van der Waals surface area contributed by atoms with E-state index in [-0.39, 0.29) is 6.10 Å². The normalized spacial score (nSPS) is 11.9. The van der Waals surface area contributed by atoms with Gasteiger partial charge in [0.15, 0.2) is 0 Å². The molecule has 3 aromatic carbocycles. The molecular formula is C22H22O2. The lowest BCUT2D eigenvalue weighted by atomic mass is 10.0. The smallest absolute Gasteiger partial charge is 0.127 e. The van der Waals surface area contributed by atoms with Gasteiger partial charge in [0.25, 0.3) is 0 Å². The molecule has 0 saturated carbocycles. The molecule has 0 aliphatic rings. The van der Waals surface area contributed by atoms with Crippen LogP contribution < -0.4 is 4.74 Å². The van der Waals surface area contributed by atoms with Crippen molar-refractivity contribution in [1.82, 2.24) is 0 Å². The van der Waals surface area contributed by atoms with Gasteiger partial charge >= 0.3 is 0 Å². The number of ether oxygens (including phenoxy) is 1. The van der Waals surface area contributed by atoms with E-state index in [2.05, 4.69) is 36.4 Å². The molecule has 1 N–H and O–H groups in total. The molecule has 0 heterocycles. The van der Waals surface area contributed by atoms with Crippen LogP contribution >= 0.6 is 0 Å². The van der Waals surface area contributed by atoms with Crippen molar-refractivity contribution in [2.75, 3.05) is 0 Å². The minimum atomic E-state index is -0.366. The molecular weight excluding hydrogens is 296 g/mol. The highest BCUT2D eigenvalue weighted by Gasteiger charge is 2.09. The summed E-state index contributed by atoms with van der Waals surface area (Å²) in [6.07, 6.45) is 0.256. The SMILES string of the molecule is CC(O)Cc1ccc(-c2ccccc2)c(OCc2ccccc2)c1. The Labute approximate surface area is 143 Å².